The summed E-state index contributed by atoms with van der Waals surface area (Å²) in [6.45, 7) is -0.563. The maximum absolute atomic E-state index is 13.5. The Morgan fingerprint density at radius 1 is 0.939 bits per heavy atom. The van der Waals surface area contributed by atoms with Gasteiger partial charge in [-0.1, -0.05) is 0 Å². The number of hydrogen-bond acceptors (Lipinski definition) is 4. The smallest absolute Gasteiger partial charge is 0.418 e. The van der Waals surface area contributed by atoms with Crippen molar-refractivity contribution >= 4 is 23.2 Å². The molecule has 3 rings (SSSR count). The Bertz CT molecular complexity index is 1200. The molecule has 0 unspecified atom stereocenters. The third-order valence-electron chi connectivity index (χ3n) is 4.32. The summed E-state index contributed by atoms with van der Waals surface area (Å²) in [6, 6.07) is 15.1. The van der Waals surface area contributed by atoms with Crippen LogP contribution in [0.1, 0.15) is 21.5 Å². The third-order valence-corrected chi connectivity index (χ3v) is 4.32. The van der Waals surface area contributed by atoms with E-state index < -0.39 is 41.7 Å². The van der Waals surface area contributed by atoms with Gasteiger partial charge in [0.1, 0.15) is 11.6 Å². The number of benzene rings is 3. The number of anilines is 2. The minimum absolute atomic E-state index is 0.0577. The Morgan fingerprint density at radius 2 is 1.61 bits per heavy atom. The molecule has 2 N–H and O–H groups in total. The molecule has 10 heteroatoms. The molecule has 0 bridgehead atoms. The van der Waals surface area contributed by atoms with Crippen LogP contribution in [-0.2, 0) is 11.0 Å². The SMILES string of the molecule is N#Cc1ccc(OCC(=O)Nc2ccc(NC(=O)c3ccc(F)cc3)cc2C(F)(F)F)cc1. The predicted octanol–water partition coefficient (Wildman–Crippen LogP) is 4.99. The van der Waals surface area contributed by atoms with Crippen molar-refractivity contribution < 1.29 is 31.9 Å². The van der Waals surface area contributed by atoms with Crippen LogP contribution in [0.25, 0.3) is 0 Å². The quantitative estimate of drug-likeness (QED) is 0.511. The molecule has 168 valence electrons. The largest absolute Gasteiger partial charge is 0.484 e. The number of carbonyl (C=O) groups excluding carboxylic acids is 2. The number of carbonyl (C=O) groups is 2. The van der Waals surface area contributed by atoms with E-state index in [0.29, 0.717) is 11.6 Å². The molecule has 3 aromatic carbocycles. The molecule has 0 aliphatic rings. The number of nitrogens with zero attached hydrogens (tertiary/aromatic N) is 1. The lowest BCUT2D eigenvalue weighted by atomic mass is 10.1. The molecule has 0 heterocycles. The van der Waals surface area contributed by atoms with Gasteiger partial charge in [0.05, 0.1) is 22.9 Å². The van der Waals surface area contributed by atoms with Gasteiger partial charge in [0, 0.05) is 11.3 Å². The lowest BCUT2D eigenvalue weighted by molar-refractivity contribution is -0.137. The van der Waals surface area contributed by atoms with E-state index in [2.05, 4.69) is 10.6 Å². The summed E-state index contributed by atoms with van der Waals surface area (Å²) in [5, 5.41) is 13.2. The molecule has 0 spiro atoms. The average molecular weight is 457 g/mol. The van der Waals surface area contributed by atoms with Crippen LogP contribution in [0, 0.1) is 17.1 Å². The van der Waals surface area contributed by atoms with Gasteiger partial charge in [-0.15, -0.1) is 0 Å². The third kappa shape index (κ3) is 6.30. The maximum atomic E-state index is 13.5. The highest BCUT2D eigenvalue weighted by Gasteiger charge is 2.34. The topological polar surface area (TPSA) is 91.2 Å². The van der Waals surface area contributed by atoms with Crippen LogP contribution in [0.15, 0.2) is 66.7 Å². The summed E-state index contributed by atoms with van der Waals surface area (Å²) in [4.78, 5) is 24.3. The van der Waals surface area contributed by atoms with Crippen LogP contribution in [-0.4, -0.2) is 18.4 Å². The summed E-state index contributed by atoms with van der Waals surface area (Å²) in [7, 11) is 0. The van der Waals surface area contributed by atoms with Gasteiger partial charge in [-0.3, -0.25) is 9.59 Å². The highest BCUT2D eigenvalue weighted by molar-refractivity contribution is 6.04. The molecule has 0 saturated heterocycles. The van der Waals surface area contributed by atoms with Crippen LogP contribution >= 0.6 is 0 Å². The van der Waals surface area contributed by atoms with E-state index in [1.54, 1.807) is 0 Å². The molecular formula is C23H15F4N3O3. The van der Waals surface area contributed by atoms with Gasteiger partial charge in [-0.25, -0.2) is 4.39 Å². The van der Waals surface area contributed by atoms with Gasteiger partial charge in [0.25, 0.3) is 11.8 Å². The first-order chi connectivity index (χ1) is 15.7. The fourth-order valence-corrected chi connectivity index (χ4v) is 2.73. The number of ether oxygens (including phenoxy) is 1. The van der Waals surface area contributed by atoms with Gasteiger partial charge in [0.2, 0.25) is 0 Å². The van der Waals surface area contributed by atoms with Crippen molar-refractivity contribution in [1.82, 2.24) is 0 Å². The van der Waals surface area contributed by atoms with Crippen LogP contribution in [0.2, 0.25) is 0 Å². The highest BCUT2D eigenvalue weighted by Crippen LogP contribution is 2.36. The molecule has 0 aliphatic heterocycles. The number of alkyl halides is 3. The van der Waals surface area contributed by atoms with E-state index in [1.807, 2.05) is 6.07 Å². The van der Waals surface area contributed by atoms with Crippen LogP contribution in [0.5, 0.6) is 5.75 Å². The molecule has 0 atom stereocenters. The monoisotopic (exact) mass is 457 g/mol. The molecule has 3 aromatic rings. The maximum Gasteiger partial charge on any atom is 0.418 e. The second kappa shape index (κ2) is 9.82. The standard InChI is InChI=1S/C23H15F4N3O3/c24-16-5-3-15(4-6-16)22(32)29-17-7-10-20(19(11-17)23(25,26)27)30-21(31)13-33-18-8-1-14(12-28)2-9-18/h1-11H,13H2,(H,29,32)(H,30,31). The molecule has 2 amide bonds. The van der Waals surface area contributed by atoms with E-state index in [-0.39, 0.29) is 17.0 Å². The van der Waals surface area contributed by atoms with Crippen molar-refractivity contribution in [3.63, 3.8) is 0 Å². The number of amides is 2. The van der Waals surface area contributed by atoms with Crippen LogP contribution in [0.4, 0.5) is 28.9 Å². The van der Waals surface area contributed by atoms with Crippen molar-refractivity contribution in [2.45, 2.75) is 6.18 Å². The molecule has 0 fully saturated rings. The number of nitriles is 1. The Labute approximate surface area is 185 Å². The summed E-state index contributed by atoms with van der Waals surface area (Å²) in [5.41, 5.74) is -1.42. The summed E-state index contributed by atoms with van der Waals surface area (Å²) in [5.74, 6) is -1.86. The van der Waals surface area contributed by atoms with Crippen molar-refractivity contribution in [1.29, 1.82) is 5.26 Å². The number of hydrogen-bond donors (Lipinski definition) is 2. The lowest BCUT2D eigenvalue weighted by Crippen LogP contribution is -2.22. The van der Waals surface area contributed by atoms with Crippen molar-refractivity contribution in [2.24, 2.45) is 0 Å². The van der Waals surface area contributed by atoms with Gasteiger partial charge in [0.15, 0.2) is 6.61 Å². The van der Waals surface area contributed by atoms with Gasteiger partial charge < -0.3 is 15.4 Å². The van der Waals surface area contributed by atoms with Gasteiger partial charge in [-0.05, 0) is 66.7 Å². The summed E-state index contributed by atoms with van der Waals surface area (Å²) < 4.78 is 58.8. The summed E-state index contributed by atoms with van der Waals surface area (Å²) >= 11 is 0. The van der Waals surface area contributed by atoms with Crippen molar-refractivity contribution in [3.05, 3.63) is 89.2 Å². The Hall–Kier alpha value is -4.39. The second-order valence-electron chi connectivity index (χ2n) is 6.69. The van der Waals surface area contributed by atoms with Gasteiger partial charge in [-0.2, -0.15) is 18.4 Å². The number of halogens is 4. The zero-order valence-corrected chi connectivity index (χ0v) is 16.7. The van der Waals surface area contributed by atoms with Crippen molar-refractivity contribution in [3.8, 4) is 11.8 Å². The van der Waals surface area contributed by atoms with Crippen LogP contribution < -0.4 is 15.4 Å². The molecule has 6 nitrogen and oxygen atoms in total. The predicted molar refractivity (Wildman–Crippen MR) is 111 cm³/mol. The van der Waals surface area contributed by atoms with E-state index in [4.69, 9.17) is 10.00 Å². The first kappa shape index (κ1) is 23.3. The average Bonchev–Trinajstić information content (AvgIpc) is 2.78. The van der Waals surface area contributed by atoms with E-state index in [1.165, 1.54) is 42.5 Å². The number of nitrogens with one attached hydrogen (secondary N) is 2. The fourth-order valence-electron chi connectivity index (χ4n) is 2.73. The minimum atomic E-state index is -4.83. The Morgan fingerprint density at radius 3 is 2.21 bits per heavy atom. The van der Waals surface area contributed by atoms with E-state index in [9.17, 15) is 27.2 Å². The molecule has 0 aromatic heterocycles. The summed E-state index contributed by atoms with van der Waals surface area (Å²) in [6.07, 6.45) is -4.83. The minimum Gasteiger partial charge on any atom is -0.484 e. The fraction of sp³-hybridized carbons (Fsp3) is 0.0870. The Balaban J connectivity index is 1.70. The molecule has 0 radical (unpaired) electrons. The molecule has 0 aliphatic carbocycles. The zero-order valence-electron chi connectivity index (χ0n) is 16.7. The van der Waals surface area contributed by atoms with Crippen molar-refractivity contribution in [2.75, 3.05) is 17.2 Å². The van der Waals surface area contributed by atoms with Crippen LogP contribution in [0.3, 0.4) is 0 Å². The first-order valence-corrected chi connectivity index (χ1v) is 9.36. The zero-order chi connectivity index (χ0) is 24.0. The number of rotatable bonds is 6. The van der Waals surface area contributed by atoms with E-state index in [0.717, 1.165) is 18.2 Å². The molecular weight excluding hydrogens is 442 g/mol. The highest BCUT2D eigenvalue weighted by atomic mass is 19.4. The first-order valence-electron chi connectivity index (χ1n) is 9.36. The normalized spacial score (nSPS) is 10.8. The Kier molecular flexibility index (Phi) is 6.93. The van der Waals surface area contributed by atoms with E-state index >= 15 is 0 Å². The molecule has 33 heavy (non-hydrogen) atoms. The second-order valence-corrected chi connectivity index (χ2v) is 6.69. The molecule has 0 saturated carbocycles. The van der Waals surface area contributed by atoms with Gasteiger partial charge >= 0.3 is 6.18 Å². The lowest BCUT2D eigenvalue weighted by Gasteiger charge is -2.16.